The number of methoxy groups -OCH3 is 1. The largest absolute Gasteiger partial charge is 0.495 e. The van der Waals surface area contributed by atoms with Gasteiger partial charge in [-0.15, -0.1) is 11.3 Å². The van der Waals surface area contributed by atoms with Gasteiger partial charge in [0.25, 0.3) is 0 Å². The van der Waals surface area contributed by atoms with Gasteiger partial charge in [-0.3, -0.25) is 9.69 Å². The third-order valence-electron chi connectivity index (χ3n) is 6.76. The first kappa shape index (κ1) is 21.3. The zero-order valence-electron chi connectivity index (χ0n) is 18.3. The van der Waals surface area contributed by atoms with E-state index in [4.69, 9.17) is 4.74 Å². The van der Waals surface area contributed by atoms with Crippen LogP contribution in [0.5, 0.6) is 5.75 Å². The van der Waals surface area contributed by atoms with Gasteiger partial charge in [-0.1, -0.05) is 12.1 Å². The second-order valence-corrected chi connectivity index (χ2v) is 9.79. The lowest BCUT2D eigenvalue weighted by atomic mass is 9.87. The van der Waals surface area contributed by atoms with Crippen molar-refractivity contribution in [1.29, 1.82) is 0 Å². The Kier molecular flexibility index (Phi) is 6.76. The molecule has 6 heteroatoms. The molecule has 30 heavy (non-hydrogen) atoms. The molecule has 2 fully saturated rings. The number of hydrogen-bond acceptors (Lipinski definition) is 5. The first-order valence-corrected chi connectivity index (χ1v) is 11.8. The fraction of sp³-hybridized carbons (Fsp3) is 0.542. The molecule has 0 aliphatic carbocycles. The molecular formula is C24H33N3O2S. The third-order valence-corrected chi connectivity index (χ3v) is 7.77. The number of hydrogen-bond donors (Lipinski definition) is 1. The van der Waals surface area contributed by atoms with Crippen LogP contribution in [-0.4, -0.2) is 55.5 Å². The van der Waals surface area contributed by atoms with E-state index in [0.717, 1.165) is 31.7 Å². The molecule has 1 N–H and O–H groups in total. The normalized spacial score (nSPS) is 25.4. The first-order chi connectivity index (χ1) is 14.5. The Labute approximate surface area is 184 Å². The number of carbonyl (C=O) groups excluding carboxylic acids is 1. The monoisotopic (exact) mass is 427 g/mol. The highest BCUT2D eigenvalue weighted by molar-refractivity contribution is 7.10. The number of likely N-dealkylation sites (tertiary alicyclic amines) is 2. The highest BCUT2D eigenvalue weighted by atomic mass is 32.1. The third kappa shape index (κ3) is 4.71. The second-order valence-electron chi connectivity index (χ2n) is 8.79. The van der Waals surface area contributed by atoms with Gasteiger partial charge >= 0.3 is 0 Å². The van der Waals surface area contributed by atoms with Gasteiger partial charge in [0, 0.05) is 30.6 Å². The van der Waals surface area contributed by atoms with Crippen molar-refractivity contribution in [1.82, 2.24) is 9.80 Å². The number of ether oxygens (including phenoxy) is 1. The number of thiophene rings is 1. The van der Waals surface area contributed by atoms with Crippen LogP contribution >= 0.6 is 11.3 Å². The average molecular weight is 428 g/mol. The smallest absolute Gasteiger partial charge is 0.228 e. The van der Waals surface area contributed by atoms with E-state index in [-0.39, 0.29) is 11.8 Å². The minimum Gasteiger partial charge on any atom is -0.495 e. The van der Waals surface area contributed by atoms with Crippen molar-refractivity contribution in [3.05, 3.63) is 46.2 Å². The molecule has 3 atom stereocenters. The molecule has 1 amide bonds. The van der Waals surface area contributed by atoms with Crippen LogP contribution in [0, 0.1) is 18.8 Å². The average Bonchev–Trinajstić information content (AvgIpc) is 3.34. The summed E-state index contributed by atoms with van der Waals surface area (Å²) in [6, 6.07) is 10.3. The number of nitrogens with zero attached hydrogens (tertiary/aromatic N) is 2. The van der Waals surface area contributed by atoms with Gasteiger partial charge < -0.3 is 15.0 Å². The SMILES string of the molecule is COc1ccccc1NC(=O)[C@@H]1C[C@H]([C@@H]2CCCN(Cc3sccc3C)C2)N(C)C1. The lowest BCUT2D eigenvalue weighted by Crippen LogP contribution is -2.43. The zero-order valence-corrected chi connectivity index (χ0v) is 19.1. The van der Waals surface area contributed by atoms with Crippen LogP contribution in [0.15, 0.2) is 35.7 Å². The van der Waals surface area contributed by atoms with Crippen molar-refractivity contribution in [2.24, 2.45) is 11.8 Å². The molecule has 1 aromatic carbocycles. The maximum absolute atomic E-state index is 13.0. The number of rotatable bonds is 6. The van der Waals surface area contributed by atoms with Crippen molar-refractivity contribution >= 4 is 22.9 Å². The maximum atomic E-state index is 13.0. The summed E-state index contributed by atoms with van der Waals surface area (Å²) in [5.74, 6) is 1.48. The van der Waals surface area contributed by atoms with Gasteiger partial charge in [0.1, 0.15) is 5.75 Å². The minimum atomic E-state index is 0.0276. The molecule has 0 unspecified atom stereocenters. The van der Waals surface area contributed by atoms with Gasteiger partial charge in [-0.2, -0.15) is 0 Å². The highest BCUT2D eigenvalue weighted by Gasteiger charge is 2.39. The van der Waals surface area contributed by atoms with Crippen LogP contribution in [-0.2, 0) is 11.3 Å². The summed E-state index contributed by atoms with van der Waals surface area (Å²) in [6.45, 7) is 6.42. The van der Waals surface area contributed by atoms with E-state index in [9.17, 15) is 4.79 Å². The number of piperidine rings is 1. The fourth-order valence-electron chi connectivity index (χ4n) is 5.07. The fourth-order valence-corrected chi connectivity index (χ4v) is 6.02. The predicted octanol–water partition coefficient (Wildman–Crippen LogP) is 4.24. The van der Waals surface area contributed by atoms with E-state index in [0.29, 0.717) is 17.7 Å². The lowest BCUT2D eigenvalue weighted by molar-refractivity contribution is -0.119. The van der Waals surface area contributed by atoms with Crippen molar-refractivity contribution in [2.75, 3.05) is 39.1 Å². The standard InChI is InChI=1S/C24H33N3O2S/c1-17-10-12-30-23(17)16-27-11-6-7-18(15-27)21-13-19(14-26(21)2)24(28)25-20-8-4-5-9-22(20)29-3/h4-5,8-10,12,18-19,21H,6-7,11,13-16H2,1-3H3,(H,25,28)/t18-,19-,21-/m1/s1. The van der Waals surface area contributed by atoms with E-state index < -0.39 is 0 Å². The molecule has 1 aromatic heterocycles. The second kappa shape index (κ2) is 9.50. The maximum Gasteiger partial charge on any atom is 0.228 e. The number of benzene rings is 1. The molecule has 162 valence electrons. The Morgan fingerprint density at radius 3 is 2.87 bits per heavy atom. The van der Waals surface area contributed by atoms with Crippen LogP contribution < -0.4 is 10.1 Å². The quantitative estimate of drug-likeness (QED) is 0.749. The van der Waals surface area contributed by atoms with Crippen molar-refractivity contribution in [3.8, 4) is 5.75 Å². The lowest BCUT2D eigenvalue weighted by Gasteiger charge is -2.38. The molecule has 2 aliphatic rings. The van der Waals surface area contributed by atoms with E-state index in [1.165, 1.54) is 29.8 Å². The molecule has 2 aliphatic heterocycles. The Morgan fingerprint density at radius 1 is 1.27 bits per heavy atom. The molecule has 5 nitrogen and oxygen atoms in total. The van der Waals surface area contributed by atoms with Gasteiger partial charge in [0.2, 0.25) is 5.91 Å². The molecule has 0 spiro atoms. The van der Waals surface area contributed by atoms with Crippen molar-refractivity contribution in [2.45, 2.75) is 38.8 Å². The van der Waals surface area contributed by atoms with E-state index in [1.54, 1.807) is 7.11 Å². The molecule has 2 saturated heterocycles. The van der Waals surface area contributed by atoms with Crippen LogP contribution in [0.25, 0.3) is 0 Å². The van der Waals surface area contributed by atoms with E-state index >= 15 is 0 Å². The van der Waals surface area contributed by atoms with Crippen molar-refractivity contribution in [3.63, 3.8) is 0 Å². The summed E-state index contributed by atoms with van der Waals surface area (Å²) < 4.78 is 5.38. The number of carbonyl (C=O) groups is 1. The molecular weight excluding hydrogens is 394 g/mol. The van der Waals surface area contributed by atoms with Crippen LogP contribution in [0.3, 0.4) is 0 Å². The summed E-state index contributed by atoms with van der Waals surface area (Å²) in [6.07, 6.45) is 3.45. The summed E-state index contributed by atoms with van der Waals surface area (Å²) in [4.78, 5) is 19.5. The molecule has 3 heterocycles. The Bertz CT molecular complexity index is 868. The van der Waals surface area contributed by atoms with Gasteiger partial charge in [0.15, 0.2) is 0 Å². The number of para-hydroxylation sites is 2. The summed E-state index contributed by atoms with van der Waals surface area (Å²) in [7, 11) is 3.82. The topological polar surface area (TPSA) is 44.8 Å². The zero-order chi connectivity index (χ0) is 21.1. The van der Waals surface area contributed by atoms with Crippen LogP contribution in [0.1, 0.15) is 29.7 Å². The summed E-state index contributed by atoms with van der Waals surface area (Å²) in [5, 5.41) is 5.29. The molecule has 4 rings (SSSR count). The Morgan fingerprint density at radius 2 is 2.10 bits per heavy atom. The van der Waals surface area contributed by atoms with E-state index in [1.807, 2.05) is 35.6 Å². The number of nitrogens with one attached hydrogen (secondary N) is 1. The highest BCUT2D eigenvalue weighted by Crippen LogP contribution is 2.34. The van der Waals surface area contributed by atoms with Gasteiger partial charge in [-0.25, -0.2) is 0 Å². The molecule has 2 aromatic rings. The summed E-state index contributed by atoms with van der Waals surface area (Å²) in [5.41, 5.74) is 2.17. The predicted molar refractivity (Wildman–Crippen MR) is 123 cm³/mol. The number of amides is 1. The molecule has 0 radical (unpaired) electrons. The Balaban J connectivity index is 1.36. The first-order valence-electron chi connectivity index (χ1n) is 10.9. The molecule has 0 saturated carbocycles. The van der Waals surface area contributed by atoms with Crippen molar-refractivity contribution < 1.29 is 9.53 Å². The van der Waals surface area contributed by atoms with Gasteiger partial charge in [0.05, 0.1) is 18.7 Å². The Hall–Kier alpha value is -1.89. The number of aryl methyl sites for hydroxylation is 1. The van der Waals surface area contributed by atoms with Gasteiger partial charge in [-0.05, 0) is 74.8 Å². The minimum absolute atomic E-state index is 0.0276. The van der Waals surface area contributed by atoms with Crippen LogP contribution in [0.4, 0.5) is 5.69 Å². The van der Waals surface area contributed by atoms with Crippen LogP contribution in [0.2, 0.25) is 0 Å². The van der Waals surface area contributed by atoms with E-state index in [2.05, 4.69) is 40.5 Å². The number of anilines is 1. The summed E-state index contributed by atoms with van der Waals surface area (Å²) >= 11 is 1.87. The molecule has 0 bridgehead atoms.